The Hall–Kier alpha value is -2.07. The van der Waals surface area contributed by atoms with Crippen LogP contribution in [0.25, 0.3) is 0 Å². The highest BCUT2D eigenvalue weighted by Gasteiger charge is 2.03. The lowest BCUT2D eigenvalue weighted by Crippen LogP contribution is -2.23. The van der Waals surface area contributed by atoms with Crippen LogP contribution < -0.4 is 9.84 Å². The highest BCUT2D eigenvalue weighted by atomic mass is 35.5. The molecule has 0 aliphatic heterocycles. The summed E-state index contributed by atoms with van der Waals surface area (Å²) in [4.78, 5) is 14.8. The van der Waals surface area contributed by atoms with Crippen molar-refractivity contribution in [3.05, 3.63) is 59.9 Å². The van der Waals surface area contributed by atoms with Crippen molar-refractivity contribution in [2.24, 2.45) is 0 Å². The Balaban J connectivity index is 0.00000162. The van der Waals surface area contributed by atoms with Crippen molar-refractivity contribution in [1.29, 1.82) is 0 Å². The summed E-state index contributed by atoms with van der Waals surface area (Å²) in [7, 11) is 0. The monoisotopic (exact) mass is 264 g/mol. The molecule has 0 saturated heterocycles. The van der Waals surface area contributed by atoms with E-state index in [-0.39, 0.29) is 24.6 Å². The van der Waals surface area contributed by atoms with Crippen LogP contribution in [0.3, 0.4) is 0 Å². The van der Waals surface area contributed by atoms with Crippen molar-refractivity contribution in [2.75, 3.05) is 0 Å². The van der Waals surface area contributed by atoms with Gasteiger partial charge < -0.3 is 14.6 Å². The van der Waals surface area contributed by atoms with Gasteiger partial charge in [-0.15, -0.1) is 12.4 Å². The molecule has 94 valence electrons. The molecule has 0 aliphatic carbocycles. The van der Waals surface area contributed by atoms with Gasteiger partial charge in [-0.05, 0) is 18.2 Å². The first-order valence-electron chi connectivity index (χ1n) is 5.09. The summed E-state index contributed by atoms with van der Waals surface area (Å²) in [5.41, 5.74) is 0.928. The minimum Gasteiger partial charge on any atom is -0.545 e. The maximum atomic E-state index is 10.8. The molecule has 0 amide bonds. The number of carbonyl (C=O) groups is 1. The first-order valence-corrected chi connectivity index (χ1v) is 5.09. The summed E-state index contributed by atoms with van der Waals surface area (Å²) < 4.78 is 5.42. The van der Waals surface area contributed by atoms with Gasteiger partial charge in [0, 0.05) is 23.5 Å². The standard InChI is InChI=1S/C13H11NO3.ClH/c15-13(16)11-5-1-2-6-12(11)17-9-10-4-3-7-14-8-10;/h1-8H,9H2,(H,15,16);1H/p-1. The second-order valence-electron chi connectivity index (χ2n) is 3.43. The smallest absolute Gasteiger partial charge is 0.128 e. The summed E-state index contributed by atoms with van der Waals surface area (Å²) in [5, 5.41) is 10.8. The van der Waals surface area contributed by atoms with Gasteiger partial charge in [-0.1, -0.05) is 18.2 Å². The van der Waals surface area contributed by atoms with Crippen molar-refractivity contribution in [3.8, 4) is 5.75 Å². The molecule has 0 atom stereocenters. The lowest BCUT2D eigenvalue weighted by Gasteiger charge is -2.11. The molecule has 1 aromatic heterocycles. The molecule has 0 bridgehead atoms. The van der Waals surface area contributed by atoms with E-state index in [9.17, 15) is 9.90 Å². The van der Waals surface area contributed by atoms with Gasteiger partial charge in [-0.2, -0.15) is 0 Å². The molecule has 0 N–H and O–H groups in total. The Morgan fingerprint density at radius 1 is 1.22 bits per heavy atom. The van der Waals surface area contributed by atoms with E-state index >= 15 is 0 Å². The zero-order chi connectivity index (χ0) is 12.1. The number of rotatable bonds is 4. The van der Waals surface area contributed by atoms with Gasteiger partial charge in [0.15, 0.2) is 0 Å². The quantitative estimate of drug-likeness (QED) is 0.838. The number of aromatic carboxylic acids is 1. The van der Waals surface area contributed by atoms with Crippen molar-refractivity contribution >= 4 is 18.4 Å². The molecule has 2 aromatic rings. The minimum absolute atomic E-state index is 0. The second kappa shape index (κ2) is 6.61. The SMILES string of the molecule is Cl.O=C([O-])c1ccccc1OCc1cccnc1. The summed E-state index contributed by atoms with van der Waals surface area (Å²) in [6.07, 6.45) is 3.33. The van der Waals surface area contributed by atoms with E-state index in [0.29, 0.717) is 5.75 Å². The number of ether oxygens (including phenoxy) is 1. The molecule has 0 unspecified atom stereocenters. The molecular weight excluding hydrogens is 254 g/mol. The fourth-order valence-electron chi connectivity index (χ4n) is 1.41. The normalized spacial score (nSPS) is 9.33. The maximum Gasteiger partial charge on any atom is 0.128 e. The number of hydrogen-bond donors (Lipinski definition) is 0. The summed E-state index contributed by atoms with van der Waals surface area (Å²) in [5.74, 6) is -0.942. The number of pyridine rings is 1. The largest absolute Gasteiger partial charge is 0.545 e. The van der Waals surface area contributed by atoms with Crippen LogP contribution in [0.5, 0.6) is 5.75 Å². The molecule has 0 aliphatic rings. The number of hydrogen-bond acceptors (Lipinski definition) is 4. The molecule has 1 aromatic carbocycles. The Kier molecular flexibility index (Phi) is 5.14. The number of aromatic nitrogens is 1. The van der Waals surface area contributed by atoms with Gasteiger partial charge in [0.25, 0.3) is 0 Å². The Morgan fingerprint density at radius 2 is 2.00 bits per heavy atom. The van der Waals surface area contributed by atoms with E-state index in [4.69, 9.17) is 4.74 Å². The van der Waals surface area contributed by atoms with Crippen LogP contribution in [0.1, 0.15) is 15.9 Å². The highest BCUT2D eigenvalue weighted by Crippen LogP contribution is 2.18. The zero-order valence-electron chi connectivity index (χ0n) is 9.41. The van der Waals surface area contributed by atoms with E-state index in [1.165, 1.54) is 6.07 Å². The molecule has 2 rings (SSSR count). The fourth-order valence-corrected chi connectivity index (χ4v) is 1.41. The average molecular weight is 265 g/mol. The predicted octanol–water partition coefficient (Wildman–Crippen LogP) is 1.45. The third-order valence-electron chi connectivity index (χ3n) is 2.22. The van der Waals surface area contributed by atoms with Crippen LogP contribution in [0.4, 0.5) is 0 Å². The molecule has 5 heteroatoms. The van der Waals surface area contributed by atoms with Gasteiger partial charge >= 0.3 is 0 Å². The number of carboxylic acids is 1. The number of para-hydroxylation sites is 1. The number of carboxylic acid groups (broad SMARTS) is 1. The molecule has 0 radical (unpaired) electrons. The predicted molar refractivity (Wildman–Crippen MR) is 66.6 cm³/mol. The van der Waals surface area contributed by atoms with Crippen LogP contribution in [-0.2, 0) is 6.61 Å². The van der Waals surface area contributed by atoms with Crippen molar-refractivity contribution in [3.63, 3.8) is 0 Å². The van der Waals surface area contributed by atoms with Crippen LogP contribution in [-0.4, -0.2) is 11.0 Å². The third kappa shape index (κ3) is 3.46. The summed E-state index contributed by atoms with van der Waals surface area (Å²) in [6, 6.07) is 10.0. The Morgan fingerprint density at radius 3 is 2.67 bits per heavy atom. The van der Waals surface area contributed by atoms with E-state index in [0.717, 1.165) is 5.56 Å². The Labute approximate surface area is 111 Å². The molecule has 0 saturated carbocycles. The maximum absolute atomic E-state index is 10.8. The number of carbonyl (C=O) groups excluding carboxylic acids is 1. The molecule has 1 heterocycles. The van der Waals surface area contributed by atoms with E-state index in [1.54, 1.807) is 36.7 Å². The fraction of sp³-hybridized carbons (Fsp3) is 0.0769. The number of halogens is 1. The third-order valence-corrected chi connectivity index (χ3v) is 2.22. The van der Waals surface area contributed by atoms with Gasteiger partial charge in [-0.25, -0.2) is 0 Å². The average Bonchev–Trinajstić information content (AvgIpc) is 2.38. The first-order chi connectivity index (χ1) is 8.27. The minimum atomic E-state index is -1.24. The Bertz CT molecular complexity index is 517. The molecule has 0 spiro atoms. The number of benzene rings is 1. The van der Waals surface area contributed by atoms with Crippen molar-refractivity contribution < 1.29 is 14.6 Å². The summed E-state index contributed by atoms with van der Waals surface area (Å²) in [6.45, 7) is 0.276. The lowest BCUT2D eigenvalue weighted by molar-refractivity contribution is -0.255. The topological polar surface area (TPSA) is 62.2 Å². The van der Waals surface area contributed by atoms with Gasteiger partial charge in [0.1, 0.15) is 12.4 Å². The van der Waals surface area contributed by atoms with Gasteiger partial charge in [0.05, 0.1) is 5.97 Å². The van der Waals surface area contributed by atoms with E-state index < -0.39 is 5.97 Å². The molecule has 18 heavy (non-hydrogen) atoms. The van der Waals surface area contributed by atoms with Crippen LogP contribution >= 0.6 is 12.4 Å². The molecule has 4 nitrogen and oxygen atoms in total. The van der Waals surface area contributed by atoms with Crippen molar-refractivity contribution in [2.45, 2.75) is 6.61 Å². The van der Waals surface area contributed by atoms with Crippen LogP contribution in [0, 0.1) is 0 Å². The van der Waals surface area contributed by atoms with Gasteiger partial charge in [-0.3, -0.25) is 4.98 Å². The van der Waals surface area contributed by atoms with Crippen LogP contribution in [0.15, 0.2) is 48.8 Å². The van der Waals surface area contributed by atoms with Crippen molar-refractivity contribution in [1.82, 2.24) is 4.98 Å². The van der Waals surface area contributed by atoms with Crippen LogP contribution in [0.2, 0.25) is 0 Å². The first kappa shape index (κ1) is 14.0. The highest BCUT2D eigenvalue weighted by molar-refractivity contribution is 5.89. The van der Waals surface area contributed by atoms with E-state index in [1.807, 2.05) is 6.07 Å². The lowest BCUT2D eigenvalue weighted by atomic mass is 10.2. The summed E-state index contributed by atoms with van der Waals surface area (Å²) >= 11 is 0. The molecular formula is C13H11ClNO3-. The molecule has 0 fully saturated rings. The second-order valence-corrected chi connectivity index (χ2v) is 3.43. The zero-order valence-corrected chi connectivity index (χ0v) is 10.2. The van der Waals surface area contributed by atoms with E-state index in [2.05, 4.69) is 4.98 Å². The van der Waals surface area contributed by atoms with Gasteiger partial charge in [0.2, 0.25) is 0 Å². The number of nitrogens with zero attached hydrogens (tertiary/aromatic N) is 1.